The molecule has 2 aromatic heterocycles. The third-order valence-corrected chi connectivity index (χ3v) is 5.47. The van der Waals surface area contributed by atoms with Gasteiger partial charge in [0, 0.05) is 23.9 Å². The monoisotopic (exact) mass is 455 g/mol. The van der Waals surface area contributed by atoms with E-state index in [1.807, 2.05) is 24.3 Å². The summed E-state index contributed by atoms with van der Waals surface area (Å²) in [5.74, 6) is 0.472. The van der Waals surface area contributed by atoms with Crippen molar-refractivity contribution in [3.63, 3.8) is 0 Å². The first-order valence-electron chi connectivity index (χ1n) is 10.3. The summed E-state index contributed by atoms with van der Waals surface area (Å²) in [5, 5.41) is 3.30. The van der Waals surface area contributed by atoms with Gasteiger partial charge in [0.2, 0.25) is 11.8 Å². The lowest BCUT2D eigenvalue weighted by Crippen LogP contribution is -2.11. The highest BCUT2D eigenvalue weighted by Gasteiger charge is 2.35. The van der Waals surface area contributed by atoms with Crippen LogP contribution in [0.3, 0.4) is 0 Å². The molecule has 1 aliphatic rings. The summed E-state index contributed by atoms with van der Waals surface area (Å²) in [4.78, 5) is 11.8. The topological polar surface area (TPSA) is 74.1 Å². The van der Waals surface area contributed by atoms with Gasteiger partial charge in [0.1, 0.15) is 17.0 Å². The van der Waals surface area contributed by atoms with E-state index in [9.17, 15) is 13.2 Å². The third-order valence-electron chi connectivity index (χ3n) is 5.47. The van der Waals surface area contributed by atoms with Crippen LogP contribution in [-0.2, 0) is 6.18 Å². The number of alkyl halides is 3. The van der Waals surface area contributed by atoms with E-state index in [0.717, 1.165) is 30.3 Å². The van der Waals surface area contributed by atoms with Crippen molar-refractivity contribution >= 4 is 22.8 Å². The molecule has 5 rings (SSSR count). The largest absolute Gasteiger partial charge is 0.497 e. The Morgan fingerprint density at radius 2 is 1.70 bits per heavy atom. The molecule has 0 amide bonds. The summed E-state index contributed by atoms with van der Waals surface area (Å²) >= 11 is 0. The van der Waals surface area contributed by atoms with Gasteiger partial charge < -0.3 is 14.8 Å². The lowest BCUT2D eigenvalue weighted by molar-refractivity contribution is -0.144. The molecule has 1 saturated carbocycles. The van der Waals surface area contributed by atoms with E-state index in [1.54, 1.807) is 18.2 Å². The Kier molecular flexibility index (Phi) is 5.07. The number of nitrogens with one attached hydrogen (secondary N) is 1. The average molecular weight is 455 g/mol. The Bertz CT molecular complexity index is 1310. The first-order valence-corrected chi connectivity index (χ1v) is 10.3. The molecule has 0 aliphatic heterocycles. The van der Waals surface area contributed by atoms with E-state index in [-0.39, 0.29) is 11.2 Å². The zero-order valence-corrected chi connectivity index (χ0v) is 17.8. The molecule has 2 heterocycles. The van der Waals surface area contributed by atoms with Crippen molar-refractivity contribution < 1.29 is 22.6 Å². The maximum absolute atomic E-state index is 13.4. The van der Waals surface area contributed by atoms with Crippen LogP contribution in [0.5, 0.6) is 11.5 Å². The molecule has 1 N–H and O–H groups in total. The van der Waals surface area contributed by atoms with E-state index in [0.29, 0.717) is 29.1 Å². The molecular formula is C23H20F3N5O2. The van der Waals surface area contributed by atoms with Gasteiger partial charge in [-0.2, -0.15) is 13.2 Å². The van der Waals surface area contributed by atoms with Crippen LogP contribution in [0.4, 0.5) is 24.8 Å². The Hall–Kier alpha value is -3.82. The number of rotatable bonds is 6. The van der Waals surface area contributed by atoms with Crippen LogP contribution in [0.25, 0.3) is 16.9 Å². The average Bonchev–Trinajstić information content (AvgIpc) is 3.59. The highest BCUT2D eigenvalue weighted by molar-refractivity contribution is 5.79. The second kappa shape index (κ2) is 7.95. The predicted octanol–water partition coefficient (Wildman–Crippen LogP) is 5.47. The first kappa shape index (κ1) is 21.0. The summed E-state index contributed by atoms with van der Waals surface area (Å²) in [5.41, 5.74) is 2.69. The SMILES string of the molecule is COc1cc(OC)cc(-n2c(Nc3ccccc3C3CC3)nc3cnc(C(F)(F)F)nc32)c1. The first-order chi connectivity index (χ1) is 15.9. The Labute approximate surface area is 187 Å². The van der Waals surface area contributed by atoms with Crippen molar-refractivity contribution in [2.24, 2.45) is 0 Å². The third kappa shape index (κ3) is 4.04. The molecule has 0 saturated heterocycles. The van der Waals surface area contributed by atoms with Crippen molar-refractivity contribution in [3.8, 4) is 17.2 Å². The van der Waals surface area contributed by atoms with E-state index >= 15 is 0 Å². The van der Waals surface area contributed by atoms with Gasteiger partial charge in [-0.05, 0) is 30.4 Å². The van der Waals surface area contributed by atoms with Gasteiger partial charge in [0.05, 0.1) is 26.1 Å². The molecule has 0 radical (unpaired) electrons. The second-order valence-electron chi connectivity index (χ2n) is 7.73. The standard InChI is InChI=1S/C23H20F3N5O2/c1-32-15-9-14(10-16(11-15)33-2)31-20-19(12-27-21(30-20)23(24,25)26)29-22(31)28-18-6-4-3-5-17(18)13-7-8-13/h3-6,9-13H,7-8H2,1-2H3,(H,28,29). The van der Waals surface area contributed by atoms with Gasteiger partial charge >= 0.3 is 6.18 Å². The normalized spacial score (nSPS) is 13.8. The van der Waals surface area contributed by atoms with Crippen molar-refractivity contribution in [1.82, 2.24) is 19.5 Å². The lowest BCUT2D eigenvalue weighted by Gasteiger charge is -2.15. The molecule has 10 heteroatoms. The van der Waals surface area contributed by atoms with Crippen LogP contribution < -0.4 is 14.8 Å². The smallest absolute Gasteiger partial charge is 0.451 e. The number of ether oxygens (including phenoxy) is 2. The van der Waals surface area contributed by atoms with Gasteiger partial charge in [-0.15, -0.1) is 0 Å². The lowest BCUT2D eigenvalue weighted by atomic mass is 10.1. The fourth-order valence-electron chi connectivity index (χ4n) is 3.74. The Morgan fingerprint density at radius 1 is 1.00 bits per heavy atom. The molecule has 0 bridgehead atoms. The highest BCUT2D eigenvalue weighted by atomic mass is 19.4. The molecule has 2 aromatic carbocycles. The van der Waals surface area contributed by atoms with E-state index in [2.05, 4.69) is 20.3 Å². The fraction of sp³-hybridized carbons (Fsp3) is 0.261. The van der Waals surface area contributed by atoms with E-state index < -0.39 is 12.0 Å². The number of anilines is 2. The minimum atomic E-state index is -4.69. The minimum absolute atomic E-state index is 0.0130. The van der Waals surface area contributed by atoms with Gasteiger partial charge in [-0.3, -0.25) is 4.57 Å². The van der Waals surface area contributed by atoms with Crippen LogP contribution in [-0.4, -0.2) is 33.7 Å². The minimum Gasteiger partial charge on any atom is -0.497 e. The molecular weight excluding hydrogens is 435 g/mol. The van der Waals surface area contributed by atoms with Gasteiger partial charge in [0.15, 0.2) is 5.65 Å². The van der Waals surface area contributed by atoms with Gasteiger partial charge in [-0.25, -0.2) is 15.0 Å². The summed E-state index contributed by atoms with van der Waals surface area (Å²) < 4.78 is 52.4. The molecule has 0 spiro atoms. The fourth-order valence-corrected chi connectivity index (χ4v) is 3.74. The van der Waals surface area contributed by atoms with Crippen LogP contribution in [0.15, 0.2) is 48.7 Å². The molecule has 170 valence electrons. The van der Waals surface area contributed by atoms with Gasteiger partial charge in [-0.1, -0.05) is 18.2 Å². The van der Waals surface area contributed by atoms with Crippen molar-refractivity contribution in [1.29, 1.82) is 0 Å². The molecule has 0 unspecified atom stereocenters. The number of methoxy groups -OCH3 is 2. The van der Waals surface area contributed by atoms with Crippen molar-refractivity contribution in [2.45, 2.75) is 24.9 Å². The zero-order valence-electron chi connectivity index (χ0n) is 17.8. The molecule has 1 aliphatic carbocycles. The van der Waals surface area contributed by atoms with Crippen molar-refractivity contribution in [2.75, 3.05) is 19.5 Å². The van der Waals surface area contributed by atoms with Gasteiger partial charge in [0.25, 0.3) is 0 Å². The highest BCUT2D eigenvalue weighted by Crippen LogP contribution is 2.44. The maximum Gasteiger partial charge on any atom is 0.451 e. The van der Waals surface area contributed by atoms with E-state index in [1.165, 1.54) is 18.8 Å². The zero-order chi connectivity index (χ0) is 23.2. The Morgan fingerprint density at radius 3 is 2.33 bits per heavy atom. The number of para-hydroxylation sites is 1. The van der Waals surface area contributed by atoms with Crippen LogP contribution >= 0.6 is 0 Å². The number of nitrogens with zero attached hydrogens (tertiary/aromatic N) is 4. The number of halogens is 3. The van der Waals surface area contributed by atoms with Crippen LogP contribution in [0, 0.1) is 0 Å². The van der Waals surface area contributed by atoms with E-state index in [4.69, 9.17) is 9.47 Å². The summed E-state index contributed by atoms with van der Waals surface area (Å²) in [6.07, 6.45) is -1.41. The maximum atomic E-state index is 13.4. The van der Waals surface area contributed by atoms with Crippen LogP contribution in [0.1, 0.15) is 30.1 Å². The van der Waals surface area contributed by atoms with Crippen molar-refractivity contribution in [3.05, 3.63) is 60.0 Å². The summed E-state index contributed by atoms with van der Waals surface area (Å²) in [7, 11) is 3.00. The molecule has 7 nitrogen and oxygen atoms in total. The van der Waals surface area contributed by atoms with Crippen LogP contribution in [0.2, 0.25) is 0 Å². The predicted molar refractivity (Wildman–Crippen MR) is 116 cm³/mol. The number of hydrogen-bond donors (Lipinski definition) is 1. The summed E-state index contributed by atoms with van der Waals surface area (Å²) in [6.45, 7) is 0. The number of aromatic nitrogens is 4. The quantitative estimate of drug-likeness (QED) is 0.416. The molecule has 1 fully saturated rings. The molecule has 0 atom stereocenters. The molecule has 4 aromatic rings. The summed E-state index contributed by atoms with van der Waals surface area (Å²) in [6, 6.07) is 12.9. The Balaban J connectivity index is 1.73. The number of hydrogen-bond acceptors (Lipinski definition) is 6. The second-order valence-corrected chi connectivity index (χ2v) is 7.73. The molecule has 33 heavy (non-hydrogen) atoms. The number of fused-ring (bicyclic) bond motifs is 1. The number of benzene rings is 2. The number of imidazole rings is 1.